The van der Waals surface area contributed by atoms with Crippen LogP contribution in [0.2, 0.25) is 0 Å². The van der Waals surface area contributed by atoms with Gasteiger partial charge >= 0.3 is 11.8 Å². The summed E-state index contributed by atoms with van der Waals surface area (Å²) >= 11 is 0. The van der Waals surface area contributed by atoms with E-state index in [-0.39, 0.29) is 5.92 Å². The third kappa shape index (κ3) is 5.61. The number of hydrogen-bond donors (Lipinski definition) is 2. The molecule has 1 heterocycles. The lowest BCUT2D eigenvalue weighted by Crippen LogP contribution is -2.44. The van der Waals surface area contributed by atoms with E-state index in [2.05, 4.69) is 10.6 Å². The first-order chi connectivity index (χ1) is 11.4. The summed E-state index contributed by atoms with van der Waals surface area (Å²) in [5.41, 5.74) is 0.923. The number of carbonyl (C=O) groups is 2. The van der Waals surface area contributed by atoms with Crippen LogP contribution in [0.4, 0.5) is 0 Å². The predicted molar refractivity (Wildman–Crippen MR) is 90.4 cm³/mol. The molecule has 24 heavy (non-hydrogen) atoms. The van der Waals surface area contributed by atoms with E-state index in [9.17, 15) is 18.0 Å². The molecule has 2 amide bonds. The zero-order valence-corrected chi connectivity index (χ0v) is 14.5. The summed E-state index contributed by atoms with van der Waals surface area (Å²) in [6, 6.07) is 9.35. The summed E-state index contributed by atoms with van der Waals surface area (Å²) in [7, 11) is -3.15. The van der Waals surface area contributed by atoms with Gasteiger partial charge in [0.25, 0.3) is 0 Å². The lowest BCUT2D eigenvalue weighted by molar-refractivity contribution is -0.139. The molecule has 0 aromatic heterocycles. The molecular formula is C16H23N3O4S. The van der Waals surface area contributed by atoms with Gasteiger partial charge in [0.15, 0.2) is 0 Å². The lowest BCUT2D eigenvalue weighted by atomic mass is 9.98. The Hall–Kier alpha value is -1.93. The number of sulfonamides is 1. The van der Waals surface area contributed by atoms with Crippen molar-refractivity contribution in [2.45, 2.75) is 19.4 Å². The van der Waals surface area contributed by atoms with Gasteiger partial charge in [-0.15, -0.1) is 0 Å². The van der Waals surface area contributed by atoms with E-state index < -0.39 is 21.8 Å². The molecular weight excluding hydrogens is 330 g/mol. The number of rotatable bonds is 5. The van der Waals surface area contributed by atoms with Gasteiger partial charge < -0.3 is 10.6 Å². The molecule has 2 N–H and O–H groups in total. The molecule has 0 bridgehead atoms. The number of piperidine rings is 1. The molecule has 1 aromatic carbocycles. The summed E-state index contributed by atoms with van der Waals surface area (Å²) in [5.74, 6) is -1.13. The van der Waals surface area contributed by atoms with E-state index in [4.69, 9.17) is 0 Å². The fraction of sp³-hybridized carbons (Fsp3) is 0.500. The van der Waals surface area contributed by atoms with Crippen molar-refractivity contribution in [1.82, 2.24) is 14.9 Å². The maximum atomic E-state index is 11.8. The SMILES string of the molecule is CS(=O)(=O)N1CCC(CNC(=O)C(=O)NCc2ccccc2)CC1. The van der Waals surface area contributed by atoms with E-state index in [1.165, 1.54) is 10.6 Å². The topological polar surface area (TPSA) is 95.6 Å². The van der Waals surface area contributed by atoms with Crippen LogP contribution in [-0.4, -0.2) is 50.4 Å². The quantitative estimate of drug-likeness (QED) is 0.734. The van der Waals surface area contributed by atoms with Crippen molar-refractivity contribution in [2.75, 3.05) is 25.9 Å². The number of nitrogens with one attached hydrogen (secondary N) is 2. The van der Waals surface area contributed by atoms with Crippen molar-refractivity contribution in [2.24, 2.45) is 5.92 Å². The minimum Gasteiger partial charge on any atom is -0.348 e. The molecule has 0 atom stereocenters. The molecule has 1 aromatic rings. The Morgan fingerprint density at radius 3 is 2.25 bits per heavy atom. The first kappa shape index (κ1) is 18.4. The van der Waals surface area contributed by atoms with Gasteiger partial charge in [0, 0.05) is 26.2 Å². The van der Waals surface area contributed by atoms with Crippen LogP contribution in [0.15, 0.2) is 30.3 Å². The highest BCUT2D eigenvalue weighted by Gasteiger charge is 2.25. The molecule has 0 radical (unpaired) electrons. The van der Waals surface area contributed by atoms with E-state index >= 15 is 0 Å². The van der Waals surface area contributed by atoms with Crippen molar-refractivity contribution < 1.29 is 18.0 Å². The van der Waals surface area contributed by atoms with Gasteiger partial charge in [-0.25, -0.2) is 12.7 Å². The molecule has 0 spiro atoms. The highest BCUT2D eigenvalue weighted by atomic mass is 32.2. The maximum Gasteiger partial charge on any atom is 0.309 e. The van der Waals surface area contributed by atoms with Gasteiger partial charge in [0.05, 0.1) is 6.26 Å². The molecule has 0 saturated carbocycles. The number of amides is 2. The van der Waals surface area contributed by atoms with Crippen molar-refractivity contribution >= 4 is 21.8 Å². The molecule has 1 aliphatic rings. The zero-order chi connectivity index (χ0) is 17.6. The zero-order valence-electron chi connectivity index (χ0n) is 13.7. The van der Waals surface area contributed by atoms with Gasteiger partial charge in [-0.05, 0) is 24.3 Å². The largest absolute Gasteiger partial charge is 0.348 e. The van der Waals surface area contributed by atoms with Crippen LogP contribution in [0.5, 0.6) is 0 Å². The van der Waals surface area contributed by atoms with E-state index in [0.29, 0.717) is 39.0 Å². The average Bonchev–Trinajstić information content (AvgIpc) is 2.58. The third-order valence-electron chi connectivity index (χ3n) is 4.10. The second-order valence-corrected chi connectivity index (χ2v) is 7.97. The second kappa shape index (κ2) is 8.25. The number of nitrogens with zero attached hydrogens (tertiary/aromatic N) is 1. The van der Waals surface area contributed by atoms with Crippen LogP contribution in [-0.2, 0) is 26.2 Å². The molecule has 132 valence electrons. The molecule has 1 fully saturated rings. The average molecular weight is 353 g/mol. The van der Waals surface area contributed by atoms with Gasteiger partial charge in [-0.1, -0.05) is 30.3 Å². The third-order valence-corrected chi connectivity index (χ3v) is 5.40. The minimum absolute atomic E-state index is 0.189. The number of carbonyl (C=O) groups excluding carboxylic acids is 2. The van der Waals surface area contributed by atoms with Gasteiger partial charge in [0.2, 0.25) is 10.0 Å². The molecule has 2 rings (SSSR count). The Kier molecular flexibility index (Phi) is 6.33. The van der Waals surface area contributed by atoms with Crippen LogP contribution < -0.4 is 10.6 Å². The highest BCUT2D eigenvalue weighted by molar-refractivity contribution is 7.88. The summed E-state index contributed by atoms with van der Waals surface area (Å²) in [5, 5.41) is 5.20. The predicted octanol–water partition coefficient (Wildman–Crippen LogP) is 0.0906. The first-order valence-electron chi connectivity index (χ1n) is 7.91. The van der Waals surface area contributed by atoms with Crippen LogP contribution in [0.1, 0.15) is 18.4 Å². The fourth-order valence-corrected chi connectivity index (χ4v) is 3.49. The van der Waals surface area contributed by atoms with Crippen molar-refractivity contribution in [1.29, 1.82) is 0 Å². The summed E-state index contributed by atoms with van der Waals surface area (Å²) < 4.78 is 24.3. The molecule has 0 aliphatic carbocycles. The van der Waals surface area contributed by atoms with Gasteiger partial charge in [-0.3, -0.25) is 9.59 Å². The van der Waals surface area contributed by atoms with Crippen LogP contribution in [0.25, 0.3) is 0 Å². The molecule has 1 aliphatic heterocycles. The van der Waals surface area contributed by atoms with Crippen LogP contribution in [0, 0.1) is 5.92 Å². The Labute approximate surface area is 142 Å². The van der Waals surface area contributed by atoms with E-state index in [1.54, 1.807) is 0 Å². The lowest BCUT2D eigenvalue weighted by Gasteiger charge is -2.30. The first-order valence-corrected chi connectivity index (χ1v) is 9.76. The fourth-order valence-electron chi connectivity index (χ4n) is 2.62. The van der Waals surface area contributed by atoms with Crippen molar-refractivity contribution in [3.05, 3.63) is 35.9 Å². The van der Waals surface area contributed by atoms with Crippen LogP contribution >= 0.6 is 0 Å². The number of hydrogen-bond acceptors (Lipinski definition) is 4. The van der Waals surface area contributed by atoms with Gasteiger partial charge in [-0.2, -0.15) is 0 Å². The summed E-state index contributed by atoms with van der Waals surface area (Å²) in [6.07, 6.45) is 2.56. The normalized spacial score (nSPS) is 16.5. The van der Waals surface area contributed by atoms with E-state index in [0.717, 1.165) is 5.56 Å². The second-order valence-electron chi connectivity index (χ2n) is 5.98. The van der Waals surface area contributed by atoms with Crippen molar-refractivity contribution in [3.63, 3.8) is 0 Å². The van der Waals surface area contributed by atoms with E-state index in [1.807, 2.05) is 30.3 Å². The Bertz CT molecular complexity index is 668. The highest BCUT2D eigenvalue weighted by Crippen LogP contribution is 2.18. The Balaban J connectivity index is 1.69. The summed E-state index contributed by atoms with van der Waals surface area (Å²) in [4.78, 5) is 23.6. The van der Waals surface area contributed by atoms with Gasteiger partial charge in [0.1, 0.15) is 0 Å². The summed E-state index contributed by atoms with van der Waals surface area (Å²) in [6.45, 7) is 1.61. The Morgan fingerprint density at radius 2 is 1.67 bits per heavy atom. The monoisotopic (exact) mass is 353 g/mol. The maximum absolute atomic E-state index is 11.8. The van der Waals surface area contributed by atoms with Crippen LogP contribution in [0.3, 0.4) is 0 Å². The smallest absolute Gasteiger partial charge is 0.309 e. The molecule has 8 heteroatoms. The standard InChI is InChI=1S/C16H23N3O4S/c1-24(22,23)19-9-7-14(8-10-19)12-18-16(21)15(20)17-11-13-5-3-2-4-6-13/h2-6,14H,7-12H2,1H3,(H,17,20)(H,18,21). The molecule has 1 saturated heterocycles. The molecule has 7 nitrogen and oxygen atoms in total. The number of benzene rings is 1. The molecule has 0 unspecified atom stereocenters. The van der Waals surface area contributed by atoms with Crippen molar-refractivity contribution in [3.8, 4) is 0 Å². The Morgan fingerprint density at radius 1 is 1.08 bits per heavy atom. The minimum atomic E-state index is -3.15.